The molecule has 142 valence electrons. The minimum absolute atomic E-state index is 0.717. The van der Waals surface area contributed by atoms with Gasteiger partial charge in [-0.3, -0.25) is 4.68 Å². The number of aryl methyl sites for hydroxylation is 2. The van der Waals surface area contributed by atoms with E-state index in [0.717, 1.165) is 46.2 Å². The summed E-state index contributed by atoms with van der Waals surface area (Å²) in [4.78, 5) is 3.98. The van der Waals surface area contributed by atoms with Crippen molar-refractivity contribution in [1.29, 1.82) is 0 Å². The number of nitrogens with zero attached hydrogens (tertiary/aromatic N) is 4. The predicted octanol–water partition coefficient (Wildman–Crippen LogP) is 4.41. The molecule has 0 amide bonds. The molecular weight excluding hydrogens is 352 g/mol. The highest BCUT2D eigenvalue weighted by molar-refractivity contribution is 5.83. The van der Waals surface area contributed by atoms with Crippen molar-refractivity contribution >= 4 is 17.1 Å². The smallest absolute Gasteiger partial charge is 0.141 e. The molecule has 4 rings (SSSR count). The van der Waals surface area contributed by atoms with Gasteiger partial charge >= 0.3 is 0 Å². The molecule has 7 heteroatoms. The fraction of sp³-hybridized carbons (Fsp3) is 0.190. The van der Waals surface area contributed by atoms with Gasteiger partial charge in [0.15, 0.2) is 0 Å². The lowest BCUT2D eigenvalue weighted by Crippen LogP contribution is -2.11. The molecule has 2 aromatic carbocycles. The zero-order valence-corrected chi connectivity index (χ0v) is 15.9. The second-order valence-electron chi connectivity index (χ2n) is 6.54. The van der Waals surface area contributed by atoms with Crippen LogP contribution in [0.1, 0.15) is 11.5 Å². The van der Waals surface area contributed by atoms with Gasteiger partial charge in [-0.05, 0) is 38.1 Å². The highest BCUT2D eigenvalue weighted by Crippen LogP contribution is 2.35. The second-order valence-corrected chi connectivity index (χ2v) is 6.54. The van der Waals surface area contributed by atoms with E-state index in [4.69, 9.17) is 4.52 Å². The molecule has 0 unspecified atom stereocenters. The SMILES string of the molecule is Cc1noc(C)c1-c1ccc(Nc2ccccc2)cc1NCCn1cncn1. The van der Waals surface area contributed by atoms with E-state index >= 15 is 0 Å². The maximum Gasteiger partial charge on any atom is 0.141 e. The van der Waals surface area contributed by atoms with Gasteiger partial charge in [-0.1, -0.05) is 29.4 Å². The van der Waals surface area contributed by atoms with Crippen LogP contribution >= 0.6 is 0 Å². The molecule has 0 atom stereocenters. The monoisotopic (exact) mass is 374 g/mol. The third-order valence-corrected chi connectivity index (χ3v) is 4.51. The molecule has 28 heavy (non-hydrogen) atoms. The van der Waals surface area contributed by atoms with Gasteiger partial charge in [0.1, 0.15) is 18.4 Å². The lowest BCUT2D eigenvalue weighted by atomic mass is 10.0. The molecule has 2 N–H and O–H groups in total. The van der Waals surface area contributed by atoms with Crippen molar-refractivity contribution in [3.05, 3.63) is 72.6 Å². The molecule has 0 radical (unpaired) electrons. The van der Waals surface area contributed by atoms with E-state index in [9.17, 15) is 0 Å². The maximum absolute atomic E-state index is 5.38. The van der Waals surface area contributed by atoms with Crippen LogP contribution in [0.25, 0.3) is 11.1 Å². The van der Waals surface area contributed by atoms with E-state index < -0.39 is 0 Å². The van der Waals surface area contributed by atoms with Crippen molar-refractivity contribution in [2.75, 3.05) is 17.2 Å². The first-order valence-corrected chi connectivity index (χ1v) is 9.16. The Bertz CT molecular complexity index is 1020. The molecule has 2 heterocycles. The summed E-state index contributed by atoms with van der Waals surface area (Å²) in [7, 11) is 0. The molecule has 0 aliphatic heterocycles. The Balaban J connectivity index is 1.62. The predicted molar refractivity (Wildman–Crippen MR) is 110 cm³/mol. The van der Waals surface area contributed by atoms with Gasteiger partial charge in [0.25, 0.3) is 0 Å². The lowest BCUT2D eigenvalue weighted by molar-refractivity contribution is 0.393. The van der Waals surface area contributed by atoms with Crippen molar-refractivity contribution in [2.45, 2.75) is 20.4 Å². The van der Waals surface area contributed by atoms with Crippen LogP contribution in [0.3, 0.4) is 0 Å². The summed E-state index contributed by atoms with van der Waals surface area (Å²) in [5.41, 5.74) is 6.02. The number of para-hydroxylation sites is 1. The maximum atomic E-state index is 5.38. The zero-order valence-electron chi connectivity index (χ0n) is 15.9. The van der Waals surface area contributed by atoms with Crippen LogP contribution in [0.2, 0.25) is 0 Å². The number of nitrogens with one attached hydrogen (secondary N) is 2. The largest absolute Gasteiger partial charge is 0.383 e. The highest BCUT2D eigenvalue weighted by atomic mass is 16.5. The fourth-order valence-electron chi connectivity index (χ4n) is 3.20. The van der Waals surface area contributed by atoms with Gasteiger partial charge in [0.05, 0.1) is 12.2 Å². The molecule has 2 aromatic heterocycles. The van der Waals surface area contributed by atoms with Crippen molar-refractivity contribution in [3.8, 4) is 11.1 Å². The van der Waals surface area contributed by atoms with E-state index in [1.54, 1.807) is 17.3 Å². The first kappa shape index (κ1) is 17.8. The molecule has 0 spiro atoms. The Hall–Kier alpha value is -3.61. The second kappa shape index (κ2) is 7.96. The summed E-state index contributed by atoms with van der Waals surface area (Å²) in [5, 5.41) is 15.2. The summed E-state index contributed by atoms with van der Waals surface area (Å²) in [5.74, 6) is 0.806. The number of benzene rings is 2. The first-order chi connectivity index (χ1) is 13.7. The number of rotatable bonds is 7. The molecular formula is C21H22N6O. The molecule has 0 bridgehead atoms. The molecule has 4 aromatic rings. The van der Waals surface area contributed by atoms with Gasteiger partial charge in [-0.25, -0.2) is 4.98 Å². The zero-order chi connectivity index (χ0) is 19.3. The van der Waals surface area contributed by atoms with E-state index in [-0.39, 0.29) is 0 Å². The topological polar surface area (TPSA) is 80.8 Å². The van der Waals surface area contributed by atoms with Crippen LogP contribution in [-0.4, -0.2) is 26.5 Å². The van der Waals surface area contributed by atoms with E-state index in [0.29, 0.717) is 6.54 Å². The van der Waals surface area contributed by atoms with Crippen molar-refractivity contribution in [1.82, 2.24) is 19.9 Å². The van der Waals surface area contributed by atoms with Crippen LogP contribution in [0.15, 0.2) is 65.7 Å². The van der Waals surface area contributed by atoms with Gasteiger partial charge in [0, 0.05) is 34.7 Å². The lowest BCUT2D eigenvalue weighted by Gasteiger charge is -2.15. The molecule has 0 aliphatic rings. The Kier molecular flexibility index (Phi) is 5.05. The van der Waals surface area contributed by atoms with Crippen LogP contribution in [0.5, 0.6) is 0 Å². The summed E-state index contributed by atoms with van der Waals surface area (Å²) in [6.45, 7) is 5.33. The Labute approximate surface area is 163 Å². The summed E-state index contributed by atoms with van der Waals surface area (Å²) in [6, 6.07) is 16.4. The normalized spacial score (nSPS) is 10.8. The van der Waals surface area contributed by atoms with Gasteiger partial charge < -0.3 is 15.2 Å². The molecule has 0 saturated carbocycles. The first-order valence-electron chi connectivity index (χ1n) is 9.16. The summed E-state index contributed by atoms with van der Waals surface area (Å²) >= 11 is 0. The Morgan fingerprint density at radius 3 is 2.61 bits per heavy atom. The quantitative estimate of drug-likeness (QED) is 0.499. The van der Waals surface area contributed by atoms with Gasteiger partial charge in [-0.15, -0.1) is 0 Å². The third kappa shape index (κ3) is 3.88. The third-order valence-electron chi connectivity index (χ3n) is 4.51. The minimum Gasteiger partial charge on any atom is -0.383 e. The van der Waals surface area contributed by atoms with E-state index in [2.05, 4.69) is 44.1 Å². The average molecular weight is 374 g/mol. The Morgan fingerprint density at radius 1 is 1.04 bits per heavy atom. The standard InChI is InChI=1S/C21H22N6O/c1-15-21(16(2)28-26-15)19-9-8-18(25-17-6-4-3-5-7-17)12-20(19)23-10-11-27-14-22-13-24-27/h3-9,12-14,23,25H,10-11H2,1-2H3. The van der Waals surface area contributed by atoms with E-state index in [1.165, 1.54) is 0 Å². The number of hydrogen-bond donors (Lipinski definition) is 2. The number of hydrogen-bond acceptors (Lipinski definition) is 6. The average Bonchev–Trinajstić information content (AvgIpc) is 3.33. The van der Waals surface area contributed by atoms with Crippen LogP contribution in [0.4, 0.5) is 17.1 Å². The van der Waals surface area contributed by atoms with Crippen molar-refractivity contribution in [2.24, 2.45) is 0 Å². The molecule has 0 saturated heterocycles. The van der Waals surface area contributed by atoms with Crippen molar-refractivity contribution in [3.63, 3.8) is 0 Å². The summed E-state index contributed by atoms with van der Waals surface area (Å²) in [6.07, 6.45) is 3.25. The van der Waals surface area contributed by atoms with Crippen LogP contribution in [0, 0.1) is 13.8 Å². The van der Waals surface area contributed by atoms with Gasteiger partial charge in [-0.2, -0.15) is 5.10 Å². The molecule has 7 nitrogen and oxygen atoms in total. The van der Waals surface area contributed by atoms with Crippen molar-refractivity contribution < 1.29 is 4.52 Å². The minimum atomic E-state index is 0.717. The molecule has 0 aliphatic carbocycles. The number of anilines is 3. The summed E-state index contributed by atoms with van der Waals surface area (Å²) < 4.78 is 7.18. The molecule has 0 fully saturated rings. The van der Waals surface area contributed by atoms with Crippen LogP contribution in [-0.2, 0) is 6.54 Å². The van der Waals surface area contributed by atoms with Crippen LogP contribution < -0.4 is 10.6 Å². The van der Waals surface area contributed by atoms with Gasteiger partial charge in [0.2, 0.25) is 0 Å². The highest BCUT2D eigenvalue weighted by Gasteiger charge is 2.15. The fourth-order valence-corrected chi connectivity index (χ4v) is 3.20. The van der Waals surface area contributed by atoms with E-state index in [1.807, 2.05) is 44.2 Å². The Morgan fingerprint density at radius 2 is 1.89 bits per heavy atom. The number of aromatic nitrogens is 4.